The predicted molar refractivity (Wildman–Crippen MR) is 57.1 cm³/mol. The summed E-state index contributed by atoms with van der Waals surface area (Å²) in [6, 6.07) is 8.24. The molecule has 0 N–H and O–H groups in total. The van der Waals surface area contributed by atoms with Crippen molar-refractivity contribution in [3.63, 3.8) is 0 Å². The van der Waals surface area contributed by atoms with Crippen molar-refractivity contribution in [1.29, 1.82) is 0 Å². The van der Waals surface area contributed by atoms with E-state index in [1.165, 1.54) is 5.56 Å². The lowest BCUT2D eigenvalue weighted by Crippen LogP contribution is -1.83. The van der Waals surface area contributed by atoms with Crippen molar-refractivity contribution in [3.05, 3.63) is 35.4 Å². The molecule has 0 aromatic heterocycles. The first-order chi connectivity index (χ1) is 6.33. The topological polar surface area (TPSA) is 12.4 Å². The fraction of sp³-hybridized carbons (Fsp3) is 0.250. The largest absolute Gasteiger partial charge is 0.280 e. The van der Waals surface area contributed by atoms with Crippen LogP contribution < -0.4 is 0 Å². The standard InChI is InChI=1S/C12H13N/c1-3-4-8-13-10-12-7-5-6-11(2)9-12/h5-7,9-10H,8H2,1-2H3/b13-10+. The van der Waals surface area contributed by atoms with E-state index < -0.39 is 0 Å². The normalized spacial score (nSPS) is 9.69. The number of hydrogen-bond donors (Lipinski definition) is 0. The second kappa shape index (κ2) is 5.16. The summed E-state index contributed by atoms with van der Waals surface area (Å²) >= 11 is 0. The molecule has 66 valence electrons. The first-order valence-corrected chi connectivity index (χ1v) is 4.29. The van der Waals surface area contributed by atoms with Crippen LogP contribution in [0.15, 0.2) is 29.3 Å². The van der Waals surface area contributed by atoms with Gasteiger partial charge in [-0.05, 0) is 19.4 Å². The second-order valence-electron chi connectivity index (χ2n) is 2.81. The van der Waals surface area contributed by atoms with Gasteiger partial charge in [0, 0.05) is 6.21 Å². The molecule has 1 nitrogen and oxygen atoms in total. The summed E-state index contributed by atoms with van der Waals surface area (Å²) < 4.78 is 0. The number of hydrogen-bond acceptors (Lipinski definition) is 1. The summed E-state index contributed by atoms with van der Waals surface area (Å²) in [5.74, 6) is 5.69. The summed E-state index contributed by atoms with van der Waals surface area (Å²) in [7, 11) is 0. The lowest BCUT2D eigenvalue weighted by Gasteiger charge is -1.93. The highest BCUT2D eigenvalue weighted by Crippen LogP contribution is 2.00. The van der Waals surface area contributed by atoms with Crippen LogP contribution in [-0.4, -0.2) is 12.8 Å². The van der Waals surface area contributed by atoms with E-state index in [4.69, 9.17) is 0 Å². The van der Waals surface area contributed by atoms with Gasteiger partial charge in [-0.3, -0.25) is 4.99 Å². The van der Waals surface area contributed by atoms with Gasteiger partial charge in [0.2, 0.25) is 0 Å². The molecule has 0 spiro atoms. The lowest BCUT2D eigenvalue weighted by atomic mass is 10.2. The van der Waals surface area contributed by atoms with Crippen LogP contribution in [0.2, 0.25) is 0 Å². The quantitative estimate of drug-likeness (QED) is 0.478. The molecule has 0 radical (unpaired) electrons. The van der Waals surface area contributed by atoms with E-state index in [1.807, 2.05) is 25.3 Å². The molecule has 1 heteroatoms. The summed E-state index contributed by atoms with van der Waals surface area (Å²) in [5.41, 5.74) is 2.39. The summed E-state index contributed by atoms with van der Waals surface area (Å²) in [6.45, 7) is 4.48. The highest BCUT2D eigenvalue weighted by molar-refractivity contribution is 5.79. The first-order valence-electron chi connectivity index (χ1n) is 4.29. The van der Waals surface area contributed by atoms with E-state index in [2.05, 4.69) is 35.9 Å². The van der Waals surface area contributed by atoms with E-state index in [0.29, 0.717) is 6.54 Å². The van der Waals surface area contributed by atoms with Crippen molar-refractivity contribution in [2.24, 2.45) is 4.99 Å². The Labute approximate surface area is 79.5 Å². The monoisotopic (exact) mass is 171 g/mol. The van der Waals surface area contributed by atoms with Gasteiger partial charge >= 0.3 is 0 Å². The van der Waals surface area contributed by atoms with E-state index in [0.717, 1.165) is 5.56 Å². The van der Waals surface area contributed by atoms with Gasteiger partial charge in [0.25, 0.3) is 0 Å². The third-order valence-corrected chi connectivity index (χ3v) is 1.63. The number of aliphatic imine (C=N–C) groups is 1. The van der Waals surface area contributed by atoms with Crippen molar-refractivity contribution in [2.45, 2.75) is 13.8 Å². The Balaban J connectivity index is 2.61. The van der Waals surface area contributed by atoms with Gasteiger partial charge in [0.15, 0.2) is 0 Å². The molecule has 0 aliphatic carbocycles. The van der Waals surface area contributed by atoms with Crippen molar-refractivity contribution in [2.75, 3.05) is 6.54 Å². The Morgan fingerprint density at radius 1 is 1.46 bits per heavy atom. The SMILES string of the molecule is CC#CC/N=C/c1cccc(C)c1. The predicted octanol–water partition coefficient (Wildman–Crippen LogP) is 2.44. The highest BCUT2D eigenvalue weighted by atomic mass is 14.7. The molecular weight excluding hydrogens is 158 g/mol. The van der Waals surface area contributed by atoms with Gasteiger partial charge < -0.3 is 0 Å². The van der Waals surface area contributed by atoms with Gasteiger partial charge in [0.1, 0.15) is 0 Å². The zero-order valence-electron chi connectivity index (χ0n) is 8.04. The van der Waals surface area contributed by atoms with Crippen LogP contribution in [-0.2, 0) is 0 Å². The fourth-order valence-corrected chi connectivity index (χ4v) is 1.03. The molecule has 0 saturated heterocycles. The third-order valence-electron chi connectivity index (χ3n) is 1.63. The molecule has 0 aliphatic rings. The molecular formula is C12H13N. The lowest BCUT2D eigenvalue weighted by molar-refractivity contribution is 1.30. The Kier molecular flexibility index (Phi) is 3.78. The maximum absolute atomic E-state index is 4.17. The van der Waals surface area contributed by atoms with Crippen LogP contribution >= 0.6 is 0 Å². The fourth-order valence-electron chi connectivity index (χ4n) is 1.03. The smallest absolute Gasteiger partial charge is 0.0997 e. The molecule has 0 amide bonds. The molecule has 0 bridgehead atoms. The molecule has 1 aromatic carbocycles. The van der Waals surface area contributed by atoms with Crippen LogP contribution in [0.5, 0.6) is 0 Å². The second-order valence-corrected chi connectivity index (χ2v) is 2.81. The Morgan fingerprint density at radius 2 is 2.31 bits per heavy atom. The van der Waals surface area contributed by atoms with E-state index >= 15 is 0 Å². The molecule has 0 atom stereocenters. The first kappa shape index (κ1) is 9.54. The third kappa shape index (κ3) is 3.57. The van der Waals surface area contributed by atoms with Gasteiger partial charge in [-0.1, -0.05) is 35.7 Å². The van der Waals surface area contributed by atoms with E-state index in [9.17, 15) is 0 Å². The molecule has 0 aliphatic heterocycles. The van der Waals surface area contributed by atoms with Gasteiger partial charge in [-0.15, -0.1) is 5.92 Å². The summed E-state index contributed by atoms with van der Waals surface area (Å²) in [4.78, 5) is 4.17. The maximum atomic E-state index is 4.17. The van der Waals surface area contributed by atoms with Crippen LogP contribution in [0, 0.1) is 18.8 Å². The summed E-state index contributed by atoms with van der Waals surface area (Å²) in [6.07, 6.45) is 1.86. The molecule has 1 aromatic rings. The zero-order valence-corrected chi connectivity index (χ0v) is 8.04. The van der Waals surface area contributed by atoms with Crippen molar-refractivity contribution in [1.82, 2.24) is 0 Å². The van der Waals surface area contributed by atoms with E-state index in [1.54, 1.807) is 0 Å². The van der Waals surface area contributed by atoms with Crippen molar-refractivity contribution >= 4 is 6.21 Å². The van der Waals surface area contributed by atoms with E-state index in [-0.39, 0.29) is 0 Å². The highest BCUT2D eigenvalue weighted by Gasteiger charge is 1.86. The summed E-state index contributed by atoms with van der Waals surface area (Å²) in [5, 5.41) is 0. The maximum Gasteiger partial charge on any atom is 0.0997 e. The molecule has 0 heterocycles. The minimum Gasteiger partial charge on any atom is -0.280 e. The number of nitrogens with zero attached hydrogens (tertiary/aromatic N) is 1. The Morgan fingerprint density at radius 3 is 3.00 bits per heavy atom. The number of aryl methyl sites for hydroxylation is 1. The minimum absolute atomic E-state index is 0.588. The minimum atomic E-state index is 0.588. The van der Waals surface area contributed by atoms with Crippen molar-refractivity contribution < 1.29 is 0 Å². The van der Waals surface area contributed by atoms with Gasteiger partial charge in [-0.25, -0.2) is 0 Å². The molecule has 13 heavy (non-hydrogen) atoms. The van der Waals surface area contributed by atoms with Crippen LogP contribution in [0.1, 0.15) is 18.1 Å². The molecule has 0 fully saturated rings. The Bertz CT molecular complexity index is 353. The molecule has 0 unspecified atom stereocenters. The Hall–Kier alpha value is -1.55. The average Bonchev–Trinajstić information content (AvgIpc) is 2.13. The molecule has 1 rings (SSSR count). The van der Waals surface area contributed by atoms with Crippen LogP contribution in [0.4, 0.5) is 0 Å². The van der Waals surface area contributed by atoms with Crippen LogP contribution in [0.25, 0.3) is 0 Å². The van der Waals surface area contributed by atoms with Crippen LogP contribution in [0.3, 0.4) is 0 Å². The van der Waals surface area contributed by atoms with Gasteiger partial charge in [-0.2, -0.15) is 0 Å². The number of rotatable bonds is 2. The number of benzene rings is 1. The molecule has 0 saturated carbocycles. The average molecular weight is 171 g/mol. The zero-order chi connectivity index (χ0) is 9.52. The van der Waals surface area contributed by atoms with Gasteiger partial charge in [0.05, 0.1) is 6.54 Å². The van der Waals surface area contributed by atoms with Crippen molar-refractivity contribution in [3.8, 4) is 11.8 Å².